The third kappa shape index (κ3) is 6.13. The number of carbonyl (C=O) groups excluding carboxylic acids is 1. The van der Waals surface area contributed by atoms with Crippen LogP contribution in [-0.4, -0.2) is 44.1 Å². The summed E-state index contributed by atoms with van der Waals surface area (Å²) in [6.45, 7) is 4.95. The summed E-state index contributed by atoms with van der Waals surface area (Å²) in [6, 6.07) is 7.30. The van der Waals surface area contributed by atoms with Gasteiger partial charge in [0.1, 0.15) is 0 Å². The van der Waals surface area contributed by atoms with Gasteiger partial charge in [0.2, 0.25) is 15.9 Å². The first kappa shape index (κ1) is 19.9. The predicted molar refractivity (Wildman–Crippen MR) is 102 cm³/mol. The number of hydrogen-bond acceptors (Lipinski definition) is 3. The van der Waals surface area contributed by atoms with E-state index in [4.69, 9.17) is 11.6 Å². The molecule has 1 saturated heterocycles. The second kappa shape index (κ2) is 8.83. The van der Waals surface area contributed by atoms with Crippen molar-refractivity contribution in [3.63, 3.8) is 0 Å². The van der Waals surface area contributed by atoms with Crippen molar-refractivity contribution in [1.82, 2.24) is 9.62 Å². The highest BCUT2D eigenvalue weighted by molar-refractivity contribution is 7.90. The zero-order chi connectivity index (χ0) is 18.4. The second-order valence-electron chi connectivity index (χ2n) is 6.62. The molecule has 1 aromatic rings. The van der Waals surface area contributed by atoms with Gasteiger partial charge >= 0.3 is 0 Å². The zero-order valence-electron chi connectivity index (χ0n) is 14.6. The molecule has 5 nitrogen and oxygen atoms in total. The Kier molecular flexibility index (Phi) is 7.04. The van der Waals surface area contributed by atoms with Gasteiger partial charge < -0.3 is 4.90 Å². The highest BCUT2D eigenvalue weighted by atomic mass is 35.5. The van der Waals surface area contributed by atoms with Gasteiger partial charge in [-0.2, -0.15) is 0 Å². The predicted octanol–water partition coefficient (Wildman–Crippen LogP) is 2.92. The number of amides is 1. The van der Waals surface area contributed by atoms with Gasteiger partial charge in [0.05, 0.1) is 5.25 Å². The topological polar surface area (TPSA) is 66.5 Å². The van der Waals surface area contributed by atoms with Crippen LogP contribution in [0.2, 0.25) is 5.02 Å². The van der Waals surface area contributed by atoms with Crippen molar-refractivity contribution in [3.8, 4) is 0 Å². The van der Waals surface area contributed by atoms with Crippen molar-refractivity contribution in [2.24, 2.45) is 5.92 Å². The molecule has 1 heterocycles. The maximum absolute atomic E-state index is 12.4. The van der Waals surface area contributed by atoms with Gasteiger partial charge in [-0.3, -0.25) is 4.79 Å². The zero-order valence-corrected chi connectivity index (χ0v) is 16.2. The van der Waals surface area contributed by atoms with Crippen molar-refractivity contribution < 1.29 is 13.2 Å². The second-order valence-corrected chi connectivity index (χ2v) is 9.38. The highest BCUT2D eigenvalue weighted by Gasteiger charge is 2.24. The molecule has 0 bridgehead atoms. The molecule has 1 N–H and O–H groups in total. The smallest absolute Gasteiger partial charge is 0.246 e. The van der Waals surface area contributed by atoms with E-state index in [-0.39, 0.29) is 11.8 Å². The molecule has 138 valence electrons. The summed E-state index contributed by atoms with van der Waals surface area (Å²) in [5.74, 6) is 0.0854. The molecule has 0 spiro atoms. The van der Waals surface area contributed by atoms with Crippen LogP contribution in [0.25, 0.3) is 6.08 Å². The molecule has 2 rings (SSSR count). The van der Waals surface area contributed by atoms with Crippen molar-refractivity contribution in [2.45, 2.75) is 31.9 Å². The Bertz CT molecular complexity index is 732. The molecule has 0 saturated carbocycles. The fourth-order valence-electron chi connectivity index (χ4n) is 2.72. The van der Waals surface area contributed by atoms with Gasteiger partial charge in [0.25, 0.3) is 0 Å². The van der Waals surface area contributed by atoms with E-state index in [2.05, 4.69) is 4.72 Å². The van der Waals surface area contributed by atoms with Gasteiger partial charge in [-0.05, 0) is 56.4 Å². The lowest BCUT2D eigenvalue weighted by Crippen LogP contribution is -2.44. The largest absolute Gasteiger partial charge is 0.339 e. The van der Waals surface area contributed by atoms with E-state index in [1.54, 1.807) is 43.0 Å². The normalized spacial score (nSPS) is 18.9. The Morgan fingerprint density at radius 3 is 2.88 bits per heavy atom. The molecule has 1 aliphatic rings. The molecule has 0 unspecified atom stereocenters. The molecule has 1 aliphatic heterocycles. The fourth-order valence-corrected chi connectivity index (χ4v) is 3.72. The first-order chi connectivity index (χ1) is 11.8. The molecule has 1 aromatic carbocycles. The van der Waals surface area contributed by atoms with E-state index >= 15 is 0 Å². The van der Waals surface area contributed by atoms with Crippen LogP contribution in [0.5, 0.6) is 0 Å². The fraction of sp³-hybridized carbons (Fsp3) is 0.500. The van der Waals surface area contributed by atoms with Crippen LogP contribution in [0.1, 0.15) is 32.3 Å². The van der Waals surface area contributed by atoms with Crippen LogP contribution in [-0.2, 0) is 14.8 Å². The third-order valence-electron chi connectivity index (χ3n) is 4.29. The van der Waals surface area contributed by atoms with E-state index < -0.39 is 15.3 Å². The lowest BCUT2D eigenvalue weighted by Gasteiger charge is -2.32. The lowest BCUT2D eigenvalue weighted by molar-refractivity contribution is -0.127. The van der Waals surface area contributed by atoms with Gasteiger partial charge in [-0.15, -0.1) is 0 Å². The molecule has 0 radical (unpaired) electrons. The van der Waals surface area contributed by atoms with E-state index in [0.717, 1.165) is 18.4 Å². The number of benzene rings is 1. The standard InChI is InChI=1S/C18H25ClN2O3S/c1-14(2)25(23,24)20-12-16-6-4-10-21(13-16)18(22)9-8-15-5-3-7-17(19)11-15/h3,5,7-9,11,14,16,20H,4,6,10,12-13H2,1-2H3/b9-8-/t16-/m1/s1. The third-order valence-corrected chi connectivity index (χ3v) is 6.34. The number of hydrogen-bond donors (Lipinski definition) is 1. The first-order valence-corrected chi connectivity index (χ1v) is 10.4. The number of halogens is 1. The molecule has 25 heavy (non-hydrogen) atoms. The highest BCUT2D eigenvalue weighted by Crippen LogP contribution is 2.17. The Hall–Kier alpha value is -1.37. The van der Waals surface area contributed by atoms with Gasteiger partial charge in [0, 0.05) is 30.7 Å². The monoisotopic (exact) mass is 384 g/mol. The molecular formula is C18H25ClN2O3S. The average Bonchev–Trinajstić information content (AvgIpc) is 2.58. The minimum Gasteiger partial charge on any atom is -0.339 e. The number of sulfonamides is 1. The Balaban J connectivity index is 1.90. The maximum Gasteiger partial charge on any atom is 0.246 e. The van der Waals surface area contributed by atoms with Crippen molar-refractivity contribution in [2.75, 3.05) is 19.6 Å². The summed E-state index contributed by atoms with van der Waals surface area (Å²) < 4.78 is 26.4. The maximum atomic E-state index is 12.4. The summed E-state index contributed by atoms with van der Waals surface area (Å²) >= 11 is 5.94. The molecule has 1 atom stereocenters. The van der Waals surface area contributed by atoms with Crippen LogP contribution in [0.3, 0.4) is 0 Å². The SMILES string of the molecule is CC(C)S(=O)(=O)NC[C@H]1CCCN(C(=O)/C=C\c2cccc(Cl)c2)C1. The number of carbonyl (C=O) groups is 1. The van der Waals surface area contributed by atoms with Crippen LogP contribution >= 0.6 is 11.6 Å². The quantitative estimate of drug-likeness (QED) is 0.767. The Morgan fingerprint density at radius 2 is 2.20 bits per heavy atom. The Labute approximate surface area is 155 Å². The summed E-state index contributed by atoms with van der Waals surface area (Å²) in [4.78, 5) is 14.2. The molecule has 1 fully saturated rings. The molecule has 0 aromatic heterocycles. The van der Waals surface area contributed by atoms with E-state index in [9.17, 15) is 13.2 Å². The number of nitrogens with zero attached hydrogens (tertiary/aromatic N) is 1. The van der Waals surface area contributed by atoms with Crippen LogP contribution in [0.15, 0.2) is 30.3 Å². The van der Waals surface area contributed by atoms with Crippen molar-refractivity contribution >= 4 is 33.6 Å². The van der Waals surface area contributed by atoms with Crippen molar-refractivity contribution in [1.29, 1.82) is 0 Å². The van der Waals surface area contributed by atoms with Crippen LogP contribution in [0.4, 0.5) is 0 Å². The number of rotatable bonds is 6. The van der Waals surface area contributed by atoms with E-state index in [1.807, 2.05) is 12.1 Å². The van der Waals surface area contributed by atoms with Crippen molar-refractivity contribution in [3.05, 3.63) is 40.9 Å². The van der Waals surface area contributed by atoms with Crippen LogP contribution in [0, 0.1) is 5.92 Å². The average molecular weight is 385 g/mol. The number of likely N-dealkylation sites (tertiary alicyclic amines) is 1. The van der Waals surface area contributed by atoms with Gasteiger partial charge in [0.15, 0.2) is 0 Å². The molecule has 1 amide bonds. The van der Waals surface area contributed by atoms with E-state index in [0.29, 0.717) is 24.7 Å². The minimum absolute atomic E-state index is 0.0589. The summed E-state index contributed by atoms with van der Waals surface area (Å²) in [5.41, 5.74) is 0.874. The minimum atomic E-state index is -3.27. The summed E-state index contributed by atoms with van der Waals surface area (Å²) in [7, 11) is -3.27. The van der Waals surface area contributed by atoms with Crippen LogP contribution < -0.4 is 4.72 Å². The summed E-state index contributed by atoms with van der Waals surface area (Å²) in [5, 5.41) is 0.180. The number of nitrogens with one attached hydrogen (secondary N) is 1. The molecule has 7 heteroatoms. The van der Waals surface area contributed by atoms with E-state index in [1.165, 1.54) is 0 Å². The molecule has 0 aliphatic carbocycles. The Morgan fingerprint density at radius 1 is 1.44 bits per heavy atom. The van der Waals surface area contributed by atoms with Gasteiger partial charge in [-0.25, -0.2) is 13.1 Å². The first-order valence-electron chi connectivity index (χ1n) is 8.49. The molecular weight excluding hydrogens is 360 g/mol. The van der Waals surface area contributed by atoms with Gasteiger partial charge in [-0.1, -0.05) is 23.7 Å². The lowest BCUT2D eigenvalue weighted by atomic mass is 9.98. The number of piperidine rings is 1. The summed E-state index contributed by atoms with van der Waals surface area (Å²) in [6.07, 6.45) is 5.10.